The molecule has 28 heavy (non-hydrogen) atoms. The van der Waals surface area contributed by atoms with Gasteiger partial charge in [0, 0.05) is 31.8 Å². The first kappa shape index (κ1) is 18.8. The van der Waals surface area contributed by atoms with E-state index in [1.54, 1.807) is 18.9 Å². The smallest absolute Gasteiger partial charge is 0.256 e. The van der Waals surface area contributed by atoms with Gasteiger partial charge in [0.25, 0.3) is 5.56 Å². The number of nitrogens with one attached hydrogen (secondary N) is 1. The van der Waals surface area contributed by atoms with Gasteiger partial charge in [-0.25, -0.2) is 4.98 Å². The van der Waals surface area contributed by atoms with E-state index < -0.39 is 0 Å². The summed E-state index contributed by atoms with van der Waals surface area (Å²) < 4.78 is 5.21. The minimum absolute atomic E-state index is 0.0139. The summed E-state index contributed by atoms with van der Waals surface area (Å²) in [7, 11) is 1.67. The molecule has 0 saturated heterocycles. The summed E-state index contributed by atoms with van der Waals surface area (Å²) in [5, 5.41) is 0.705. The van der Waals surface area contributed by atoms with Crippen molar-refractivity contribution in [1.29, 1.82) is 0 Å². The number of aromatic amines is 1. The van der Waals surface area contributed by atoms with E-state index in [0.717, 1.165) is 42.3 Å². The summed E-state index contributed by atoms with van der Waals surface area (Å²) in [5.41, 5.74) is 4.15. The van der Waals surface area contributed by atoms with Crippen LogP contribution in [0.3, 0.4) is 0 Å². The van der Waals surface area contributed by atoms with Gasteiger partial charge in [-0.2, -0.15) is 0 Å². The Bertz CT molecular complexity index is 987. The van der Waals surface area contributed by atoms with E-state index in [1.165, 1.54) is 11.1 Å². The number of H-pyrrole nitrogens is 1. The van der Waals surface area contributed by atoms with Crippen LogP contribution in [-0.4, -0.2) is 28.5 Å². The van der Waals surface area contributed by atoms with Gasteiger partial charge < -0.3 is 9.72 Å². The highest BCUT2D eigenvalue weighted by molar-refractivity contribution is 7.98. The lowest BCUT2D eigenvalue weighted by Gasteiger charge is -2.27. The lowest BCUT2D eigenvalue weighted by Crippen LogP contribution is -2.35. The number of benzene rings is 2. The van der Waals surface area contributed by atoms with Gasteiger partial charge in [0.2, 0.25) is 0 Å². The molecule has 5 nitrogen and oxygen atoms in total. The summed E-state index contributed by atoms with van der Waals surface area (Å²) in [4.78, 5) is 22.6. The Morgan fingerprint density at radius 2 is 1.89 bits per heavy atom. The molecule has 6 heteroatoms. The molecule has 2 heterocycles. The van der Waals surface area contributed by atoms with Gasteiger partial charge in [0.05, 0.1) is 18.4 Å². The zero-order valence-corrected chi connectivity index (χ0v) is 16.7. The first-order valence-electron chi connectivity index (χ1n) is 9.35. The highest BCUT2D eigenvalue weighted by atomic mass is 32.2. The van der Waals surface area contributed by atoms with Crippen molar-refractivity contribution >= 4 is 11.8 Å². The molecule has 0 saturated carbocycles. The minimum Gasteiger partial charge on any atom is -0.497 e. The van der Waals surface area contributed by atoms with Crippen molar-refractivity contribution in [2.45, 2.75) is 30.4 Å². The van der Waals surface area contributed by atoms with E-state index in [2.05, 4.69) is 34.1 Å². The van der Waals surface area contributed by atoms with Crippen LogP contribution in [0.2, 0.25) is 0 Å². The summed E-state index contributed by atoms with van der Waals surface area (Å²) in [6.07, 6.45) is 0.800. The summed E-state index contributed by atoms with van der Waals surface area (Å²) in [5.74, 6) is 1.65. The Balaban J connectivity index is 1.43. The number of aromatic nitrogens is 2. The van der Waals surface area contributed by atoms with Crippen LogP contribution in [0.1, 0.15) is 22.4 Å². The molecule has 0 aliphatic carbocycles. The Kier molecular flexibility index (Phi) is 5.78. The summed E-state index contributed by atoms with van der Waals surface area (Å²) in [6.45, 7) is 2.35. The summed E-state index contributed by atoms with van der Waals surface area (Å²) in [6, 6.07) is 18.3. The van der Waals surface area contributed by atoms with Crippen LogP contribution < -0.4 is 10.3 Å². The average Bonchev–Trinajstić information content (AvgIpc) is 2.74. The number of rotatable bonds is 6. The molecule has 0 radical (unpaired) electrons. The van der Waals surface area contributed by atoms with Crippen molar-refractivity contribution in [3.63, 3.8) is 0 Å². The van der Waals surface area contributed by atoms with Crippen LogP contribution in [0.5, 0.6) is 5.75 Å². The molecule has 0 bridgehead atoms. The number of methoxy groups -OCH3 is 1. The topological polar surface area (TPSA) is 58.2 Å². The number of hydrogen-bond donors (Lipinski definition) is 1. The lowest BCUT2D eigenvalue weighted by atomic mass is 10.1. The normalized spacial score (nSPS) is 13.9. The maximum atomic E-state index is 12.6. The maximum Gasteiger partial charge on any atom is 0.256 e. The van der Waals surface area contributed by atoms with Crippen molar-refractivity contribution in [3.05, 3.63) is 87.3 Å². The lowest BCUT2D eigenvalue weighted by molar-refractivity contribution is 0.241. The quantitative estimate of drug-likeness (QED) is 0.512. The maximum absolute atomic E-state index is 12.6. The van der Waals surface area contributed by atoms with Gasteiger partial charge in [0.1, 0.15) is 5.75 Å². The Morgan fingerprint density at radius 1 is 1.11 bits per heavy atom. The molecule has 1 N–H and O–H groups in total. The fourth-order valence-corrected chi connectivity index (χ4v) is 4.21. The van der Waals surface area contributed by atoms with E-state index >= 15 is 0 Å². The van der Waals surface area contributed by atoms with E-state index in [9.17, 15) is 4.79 Å². The third-order valence-corrected chi connectivity index (χ3v) is 5.85. The molecule has 0 fully saturated rings. The number of nitrogens with zero attached hydrogens (tertiary/aromatic N) is 2. The Morgan fingerprint density at radius 3 is 2.64 bits per heavy atom. The van der Waals surface area contributed by atoms with Crippen LogP contribution in [0, 0.1) is 0 Å². The van der Waals surface area contributed by atoms with Gasteiger partial charge in [0.15, 0.2) is 5.16 Å². The molecule has 0 spiro atoms. The van der Waals surface area contributed by atoms with Crippen molar-refractivity contribution in [1.82, 2.24) is 14.9 Å². The van der Waals surface area contributed by atoms with Crippen molar-refractivity contribution in [2.75, 3.05) is 13.7 Å². The Labute approximate surface area is 168 Å². The number of thioether (sulfide) groups is 1. The van der Waals surface area contributed by atoms with Crippen LogP contribution in [0.25, 0.3) is 0 Å². The average molecular weight is 394 g/mol. The van der Waals surface area contributed by atoms with Gasteiger partial charge >= 0.3 is 0 Å². The van der Waals surface area contributed by atoms with Gasteiger partial charge in [-0.15, -0.1) is 0 Å². The molecular weight excluding hydrogens is 370 g/mol. The second-order valence-corrected chi connectivity index (χ2v) is 7.84. The second-order valence-electron chi connectivity index (χ2n) is 6.88. The summed E-state index contributed by atoms with van der Waals surface area (Å²) >= 11 is 1.58. The molecule has 1 aromatic heterocycles. The monoisotopic (exact) mass is 393 g/mol. The SMILES string of the molecule is COc1ccc(CN2CCc3nc(SCc4ccccc4)[nH]c(=O)c3C2)cc1. The highest BCUT2D eigenvalue weighted by Gasteiger charge is 2.21. The third-order valence-electron chi connectivity index (χ3n) is 4.91. The molecular formula is C22H23N3O2S. The van der Waals surface area contributed by atoms with Gasteiger partial charge in [-0.1, -0.05) is 54.2 Å². The van der Waals surface area contributed by atoms with Crippen molar-refractivity contribution in [3.8, 4) is 5.75 Å². The molecule has 0 amide bonds. The van der Waals surface area contributed by atoms with E-state index in [0.29, 0.717) is 11.7 Å². The fourth-order valence-electron chi connectivity index (χ4n) is 3.38. The zero-order chi connectivity index (χ0) is 19.3. The Hall–Kier alpha value is -2.57. The van der Waals surface area contributed by atoms with Crippen LogP contribution >= 0.6 is 11.8 Å². The van der Waals surface area contributed by atoms with E-state index in [1.807, 2.05) is 30.3 Å². The van der Waals surface area contributed by atoms with Gasteiger partial charge in [-0.05, 0) is 23.3 Å². The minimum atomic E-state index is -0.0139. The molecule has 144 valence electrons. The largest absolute Gasteiger partial charge is 0.497 e. The predicted molar refractivity (Wildman–Crippen MR) is 112 cm³/mol. The fraction of sp³-hybridized carbons (Fsp3) is 0.273. The van der Waals surface area contributed by atoms with Crippen LogP contribution in [0.15, 0.2) is 64.5 Å². The number of hydrogen-bond acceptors (Lipinski definition) is 5. The highest BCUT2D eigenvalue weighted by Crippen LogP contribution is 2.22. The first-order valence-corrected chi connectivity index (χ1v) is 10.3. The van der Waals surface area contributed by atoms with Crippen LogP contribution in [-0.2, 0) is 25.3 Å². The molecule has 4 rings (SSSR count). The predicted octanol–water partition coefficient (Wildman–Crippen LogP) is 3.63. The molecule has 0 atom stereocenters. The molecule has 1 aliphatic heterocycles. The van der Waals surface area contributed by atoms with E-state index in [-0.39, 0.29) is 5.56 Å². The molecule has 3 aromatic rings. The van der Waals surface area contributed by atoms with Crippen molar-refractivity contribution in [2.24, 2.45) is 0 Å². The molecule has 2 aromatic carbocycles. The van der Waals surface area contributed by atoms with Crippen LogP contribution in [0.4, 0.5) is 0 Å². The zero-order valence-electron chi connectivity index (χ0n) is 15.9. The number of ether oxygens (including phenoxy) is 1. The van der Waals surface area contributed by atoms with Crippen molar-refractivity contribution < 1.29 is 4.74 Å². The second kappa shape index (κ2) is 8.63. The first-order chi connectivity index (χ1) is 13.7. The number of fused-ring (bicyclic) bond motifs is 1. The van der Waals surface area contributed by atoms with E-state index in [4.69, 9.17) is 9.72 Å². The third kappa shape index (κ3) is 4.46. The van der Waals surface area contributed by atoms with Gasteiger partial charge in [-0.3, -0.25) is 9.69 Å². The molecule has 0 unspecified atom stereocenters. The molecule has 1 aliphatic rings. The standard InChI is InChI=1S/C22H23N3O2S/c1-27-18-9-7-16(8-10-18)13-25-12-11-20-19(14-25)21(26)24-22(23-20)28-15-17-5-3-2-4-6-17/h2-10H,11-15H2,1H3,(H,23,24,26).